The first kappa shape index (κ1) is 14.8. The van der Waals surface area contributed by atoms with E-state index in [1.165, 1.54) is 0 Å². The SMILES string of the molecule is O=C(COC(=O)Cc1noc2ccccc12)Nc1ccccc1. The van der Waals surface area contributed by atoms with Gasteiger partial charge in [-0.05, 0) is 24.3 Å². The van der Waals surface area contributed by atoms with Gasteiger partial charge in [-0.15, -0.1) is 0 Å². The zero-order chi connectivity index (χ0) is 16.1. The van der Waals surface area contributed by atoms with Crippen LogP contribution in [0.25, 0.3) is 11.0 Å². The number of aromatic nitrogens is 1. The standard InChI is InChI=1S/C17H14N2O4/c20-16(18-12-6-2-1-3-7-12)11-22-17(21)10-14-13-8-4-5-9-15(13)23-19-14/h1-9H,10-11H2,(H,18,20). The Hall–Kier alpha value is -3.15. The van der Waals surface area contributed by atoms with Crippen molar-refractivity contribution < 1.29 is 18.8 Å². The summed E-state index contributed by atoms with van der Waals surface area (Å²) < 4.78 is 10.1. The average molecular weight is 310 g/mol. The maximum Gasteiger partial charge on any atom is 0.312 e. The minimum Gasteiger partial charge on any atom is -0.455 e. The molecule has 0 aliphatic rings. The Balaban J connectivity index is 1.52. The fraction of sp³-hybridized carbons (Fsp3) is 0.118. The highest BCUT2D eigenvalue weighted by atomic mass is 16.5. The number of carbonyl (C=O) groups excluding carboxylic acids is 2. The molecule has 0 fully saturated rings. The summed E-state index contributed by atoms with van der Waals surface area (Å²) in [6.07, 6.45) is -0.0460. The molecular weight excluding hydrogens is 296 g/mol. The van der Waals surface area contributed by atoms with Gasteiger partial charge in [0.1, 0.15) is 5.69 Å². The molecule has 1 heterocycles. The van der Waals surface area contributed by atoms with Crippen molar-refractivity contribution in [3.05, 3.63) is 60.3 Å². The van der Waals surface area contributed by atoms with E-state index in [4.69, 9.17) is 9.26 Å². The van der Waals surface area contributed by atoms with Gasteiger partial charge in [0, 0.05) is 11.1 Å². The molecule has 0 radical (unpaired) electrons. The lowest BCUT2D eigenvalue weighted by Gasteiger charge is -2.05. The van der Waals surface area contributed by atoms with Gasteiger partial charge >= 0.3 is 5.97 Å². The summed E-state index contributed by atoms with van der Waals surface area (Å²) in [5.41, 5.74) is 1.75. The number of nitrogens with one attached hydrogen (secondary N) is 1. The Morgan fingerprint density at radius 2 is 1.78 bits per heavy atom. The Morgan fingerprint density at radius 3 is 2.61 bits per heavy atom. The molecule has 0 aliphatic carbocycles. The molecule has 1 aromatic heterocycles. The second kappa shape index (κ2) is 6.74. The molecule has 0 spiro atoms. The van der Waals surface area contributed by atoms with Gasteiger partial charge in [-0.3, -0.25) is 9.59 Å². The summed E-state index contributed by atoms with van der Waals surface area (Å²) in [6, 6.07) is 16.2. The van der Waals surface area contributed by atoms with Crippen molar-refractivity contribution in [2.24, 2.45) is 0 Å². The molecule has 0 saturated heterocycles. The van der Waals surface area contributed by atoms with E-state index in [1.807, 2.05) is 24.3 Å². The molecular formula is C17H14N2O4. The van der Waals surface area contributed by atoms with Crippen molar-refractivity contribution >= 4 is 28.5 Å². The smallest absolute Gasteiger partial charge is 0.312 e. The summed E-state index contributed by atoms with van der Waals surface area (Å²) in [5, 5.41) is 7.25. The normalized spacial score (nSPS) is 10.4. The van der Waals surface area contributed by atoms with Crippen LogP contribution in [-0.4, -0.2) is 23.6 Å². The Labute approximate surface area is 132 Å². The van der Waals surface area contributed by atoms with Gasteiger partial charge in [0.05, 0.1) is 6.42 Å². The summed E-state index contributed by atoms with van der Waals surface area (Å²) >= 11 is 0. The van der Waals surface area contributed by atoms with E-state index in [0.717, 1.165) is 5.39 Å². The highest BCUT2D eigenvalue weighted by molar-refractivity contribution is 5.93. The lowest BCUT2D eigenvalue weighted by atomic mass is 10.2. The van der Waals surface area contributed by atoms with Gasteiger partial charge in [0.2, 0.25) is 0 Å². The fourth-order valence-electron chi connectivity index (χ4n) is 2.12. The first-order chi connectivity index (χ1) is 11.2. The number of fused-ring (bicyclic) bond motifs is 1. The van der Waals surface area contributed by atoms with Crippen LogP contribution in [0, 0.1) is 0 Å². The lowest BCUT2D eigenvalue weighted by molar-refractivity contribution is -0.146. The number of hydrogen-bond acceptors (Lipinski definition) is 5. The Bertz CT molecular complexity index is 827. The Morgan fingerprint density at radius 1 is 1.04 bits per heavy atom. The third kappa shape index (κ3) is 3.74. The Kier molecular flexibility index (Phi) is 4.33. The second-order valence-corrected chi connectivity index (χ2v) is 4.88. The first-order valence-corrected chi connectivity index (χ1v) is 7.06. The third-order valence-corrected chi connectivity index (χ3v) is 3.19. The maximum atomic E-state index is 11.8. The number of anilines is 1. The van der Waals surface area contributed by atoms with Crippen molar-refractivity contribution in [2.45, 2.75) is 6.42 Å². The zero-order valence-electron chi connectivity index (χ0n) is 12.2. The summed E-state index contributed by atoms with van der Waals surface area (Å²) in [5.74, 6) is -0.929. The van der Waals surface area contributed by atoms with Gasteiger partial charge in [0.15, 0.2) is 12.2 Å². The minimum atomic E-state index is -0.535. The number of ether oxygens (including phenoxy) is 1. The molecule has 0 atom stereocenters. The van der Waals surface area contributed by atoms with E-state index in [-0.39, 0.29) is 13.0 Å². The predicted octanol–water partition coefficient (Wildman–Crippen LogP) is 2.55. The molecule has 3 aromatic rings. The number of esters is 1. The maximum absolute atomic E-state index is 11.8. The number of carbonyl (C=O) groups is 2. The molecule has 1 amide bonds. The summed E-state index contributed by atoms with van der Waals surface area (Å²) in [6.45, 7) is -0.344. The number of para-hydroxylation sites is 2. The van der Waals surface area contributed by atoms with Gasteiger partial charge in [0.25, 0.3) is 5.91 Å². The molecule has 116 valence electrons. The van der Waals surface area contributed by atoms with E-state index in [2.05, 4.69) is 10.5 Å². The summed E-state index contributed by atoms with van der Waals surface area (Å²) in [4.78, 5) is 23.5. The highest BCUT2D eigenvalue weighted by Gasteiger charge is 2.14. The number of hydrogen-bond donors (Lipinski definition) is 1. The highest BCUT2D eigenvalue weighted by Crippen LogP contribution is 2.18. The van der Waals surface area contributed by atoms with Crippen LogP contribution in [0.5, 0.6) is 0 Å². The molecule has 6 heteroatoms. The van der Waals surface area contributed by atoms with Crippen LogP contribution >= 0.6 is 0 Å². The third-order valence-electron chi connectivity index (χ3n) is 3.19. The van der Waals surface area contributed by atoms with Crippen molar-refractivity contribution in [2.75, 3.05) is 11.9 Å². The van der Waals surface area contributed by atoms with Gasteiger partial charge < -0.3 is 14.6 Å². The van der Waals surface area contributed by atoms with Crippen molar-refractivity contribution in [3.63, 3.8) is 0 Å². The molecule has 0 unspecified atom stereocenters. The van der Waals surface area contributed by atoms with E-state index >= 15 is 0 Å². The number of amides is 1. The van der Waals surface area contributed by atoms with Crippen LogP contribution in [0.4, 0.5) is 5.69 Å². The van der Waals surface area contributed by atoms with Gasteiger partial charge in [-0.1, -0.05) is 35.5 Å². The molecule has 23 heavy (non-hydrogen) atoms. The van der Waals surface area contributed by atoms with Crippen molar-refractivity contribution in [1.82, 2.24) is 5.16 Å². The monoisotopic (exact) mass is 310 g/mol. The van der Waals surface area contributed by atoms with Crippen LogP contribution in [0.2, 0.25) is 0 Å². The van der Waals surface area contributed by atoms with E-state index in [1.54, 1.807) is 30.3 Å². The van der Waals surface area contributed by atoms with Gasteiger partial charge in [-0.2, -0.15) is 0 Å². The summed E-state index contributed by atoms with van der Waals surface area (Å²) in [7, 11) is 0. The number of rotatable bonds is 5. The fourth-order valence-corrected chi connectivity index (χ4v) is 2.12. The van der Waals surface area contributed by atoms with Gasteiger partial charge in [-0.25, -0.2) is 0 Å². The van der Waals surface area contributed by atoms with E-state index in [0.29, 0.717) is 17.0 Å². The van der Waals surface area contributed by atoms with Crippen molar-refractivity contribution in [1.29, 1.82) is 0 Å². The van der Waals surface area contributed by atoms with Crippen LogP contribution in [0.15, 0.2) is 59.1 Å². The van der Waals surface area contributed by atoms with Crippen LogP contribution in [0.1, 0.15) is 5.69 Å². The molecule has 0 saturated carbocycles. The molecule has 1 N–H and O–H groups in total. The number of benzene rings is 2. The molecule has 0 bridgehead atoms. The molecule has 3 rings (SSSR count). The minimum absolute atomic E-state index is 0.0460. The van der Waals surface area contributed by atoms with Crippen LogP contribution in [-0.2, 0) is 20.7 Å². The molecule has 0 aliphatic heterocycles. The van der Waals surface area contributed by atoms with Crippen LogP contribution in [0.3, 0.4) is 0 Å². The predicted molar refractivity (Wildman–Crippen MR) is 83.7 cm³/mol. The zero-order valence-corrected chi connectivity index (χ0v) is 12.2. The second-order valence-electron chi connectivity index (χ2n) is 4.88. The van der Waals surface area contributed by atoms with Crippen molar-refractivity contribution in [3.8, 4) is 0 Å². The molecule has 6 nitrogen and oxygen atoms in total. The first-order valence-electron chi connectivity index (χ1n) is 7.06. The average Bonchev–Trinajstić information content (AvgIpc) is 2.97. The van der Waals surface area contributed by atoms with E-state index in [9.17, 15) is 9.59 Å². The topological polar surface area (TPSA) is 81.4 Å². The lowest BCUT2D eigenvalue weighted by Crippen LogP contribution is -2.21. The van der Waals surface area contributed by atoms with E-state index < -0.39 is 11.9 Å². The largest absolute Gasteiger partial charge is 0.455 e. The quantitative estimate of drug-likeness (QED) is 0.732. The number of nitrogens with zero attached hydrogens (tertiary/aromatic N) is 1. The molecule has 2 aromatic carbocycles. The van der Waals surface area contributed by atoms with Crippen LogP contribution < -0.4 is 5.32 Å².